The van der Waals surface area contributed by atoms with Crippen LogP contribution < -0.4 is 4.90 Å². The van der Waals surface area contributed by atoms with Crippen molar-refractivity contribution in [3.63, 3.8) is 0 Å². The number of para-hydroxylation sites is 1. The lowest BCUT2D eigenvalue weighted by molar-refractivity contribution is 0.0314. The first-order valence-corrected chi connectivity index (χ1v) is 25.5. The third kappa shape index (κ3) is 5.77. The van der Waals surface area contributed by atoms with Gasteiger partial charge < -0.3 is 9.32 Å². The number of alkyl halides is 1. The van der Waals surface area contributed by atoms with Gasteiger partial charge in [-0.05, 0) is 164 Å². The topological polar surface area (TPSA) is 16.4 Å². The molecule has 0 aliphatic heterocycles. The molecule has 2 nitrogen and oxygen atoms in total. The number of furan rings is 1. The fourth-order valence-corrected chi connectivity index (χ4v) is 16.1. The molecule has 312 valence electrons. The van der Waals surface area contributed by atoms with Gasteiger partial charge in [-0.15, -0.1) is 0 Å². The first-order valence-electron chi connectivity index (χ1n) is 24.3. The van der Waals surface area contributed by atoms with Crippen molar-refractivity contribution in [2.45, 2.75) is 86.9 Å². The van der Waals surface area contributed by atoms with E-state index in [9.17, 15) is 0 Å². The van der Waals surface area contributed by atoms with Crippen LogP contribution in [0.25, 0.3) is 21.7 Å². The lowest BCUT2D eigenvalue weighted by atomic mass is 9.55. The average Bonchev–Trinajstić information content (AvgIpc) is 3.96. The van der Waals surface area contributed by atoms with E-state index in [1.807, 2.05) is 5.57 Å². The van der Waals surface area contributed by atoms with Crippen molar-refractivity contribution in [1.82, 2.24) is 0 Å². The van der Waals surface area contributed by atoms with E-state index in [2.05, 4.69) is 173 Å². The molecule has 0 N–H and O–H groups in total. The predicted molar refractivity (Wildman–Crippen MR) is 266 cm³/mol. The van der Waals surface area contributed by atoms with Crippen LogP contribution in [0.4, 0.5) is 11.4 Å². The largest absolute Gasteiger partial charge is 0.458 e. The second-order valence-corrected chi connectivity index (χ2v) is 22.1. The molecule has 11 atom stereocenters. The van der Waals surface area contributed by atoms with Crippen LogP contribution in [0.1, 0.15) is 87.9 Å². The number of rotatable bonds is 5. The molecule has 3 aromatic carbocycles. The summed E-state index contributed by atoms with van der Waals surface area (Å²) in [5.41, 5.74) is 11.6. The van der Waals surface area contributed by atoms with E-state index in [0.717, 1.165) is 59.9 Å². The van der Waals surface area contributed by atoms with Crippen LogP contribution in [0.3, 0.4) is 0 Å². The van der Waals surface area contributed by atoms with Crippen molar-refractivity contribution >= 4 is 55.7 Å². The SMILES string of the molecule is IC1CCC2C3=CC=C(C4CC=C(N(c5ccc6ccccc6c5)c5cccc6c7c(oc56)C(C5=CCCC=C5)CCC7)CC4)CC3C3(C4C=CC=CC4[C@H]4C=CC=CC43)C2C1. The summed E-state index contributed by atoms with van der Waals surface area (Å²) < 4.78 is 8.01. The summed E-state index contributed by atoms with van der Waals surface area (Å²) in [5, 5.41) is 3.87. The van der Waals surface area contributed by atoms with Crippen LogP contribution in [0.5, 0.6) is 0 Å². The predicted octanol–water partition coefficient (Wildman–Crippen LogP) is 15.9. The minimum atomic E-state index is 0.296. The Kier molecular flexibility index (Phi) is 9.31. The molecule has 1 heterocycles. The number of hydrogen-bond acceptors (Lipinski definition) is 2. The van der Waals surface area contributed by atoms with E-state index in [0.29, 0.717) is 46.8 Å². The van der Waals surface area contributed by atoms with Crippen LogP contribution in [0.2, 0.25) is 0 Å². The highest BCUT2D eigenvalue weighted by atomic mass is 127. The molecule has 9 aliphatic rings. The third-order valence-corrected chi connectivity index (χ3v) is 18.8. The monoisotopic (exact) mass is 923 g/mol. The standard InChI is InChI=1S/C59H58INO/c60-42-28-33-49-48-32-27-41(35-54(48)59(55(49)36-42)52-21-8-6-16-46(52)47-17-7-9-22-53(47)59)38-24-29-43(30-25-38)61(44-31-26-37-12-4-5-15-40(37)34-44)56-23-11-20-51-50-19-10-18-45(57(50)62-58(51)56)39-13-2-1-3-14-39/h2,4-9,11-17,20-23,26-27,29,31-32,34,38,42,45-47,49,52-55H,1,3,10,18-19,24-25,28,30,33,35-36H2/t38?,42?,45?,46-,47?,49?,52?,53?,54?,55?,59?/m1/s1. The summed E-state index contributed by atoms with van der Waals surface area (Å²) in [6.45, 7) is 0. The van der Waals surface area contributed by atoms with Crippen LogP contribution in [0.15, 0.2) is 173 Å². The lowest BCUT2D eigenvalue weighted by Crippen LogP contribution is -2.45. The van der Waals surface area contributed by atoms with Gasteiger partial charge in [0.05, 0.1) is 5.69 Å². The van der Waals surface area contributed by atoms with Gasteiger partial charge in [0.15, 0.2) is 5.58 Å². The molecule has 13 rings (SSSR count). The Morgan fingerprint density at radius 2 is 1.60 bits per heavy atom. The summed E-state index contributed by atoms with van der Waals surface area (Å²) in [6, 6.07) is 22.8. The number of aryl methyl sites for hydroxylation is 1. The molecule has 0 saturated heterocycles. The molecule has 0 bridgehead atoms. The van der Waals surface area contributed by atoms with Gasteiger partial charge in [-0.1, -0.05) is 161 Å². The van der Waals surface area contributed by atoms with Gasteiger partial charge in [0.2, 0.25) is 0 Å². The zero-order valence-electron chi connectivity index (χ0n) is 35.8. The molecule has 3 heteroatoms. The highest BCUT2D eigenvalue weighted by Crippen LogP contribution is 2.75. The Balaban J connectivity index is 0.868. The van der Waals surface area contributed by atoms with Gasteiger partial charge in [0, 0.05) is 32.2 Å². The molecule has 9 aliphatic carbocycles. The van der Waals surface area contributed by atoms with E-state index in [1.165, 1.54) is 88.7 Å². The molecule has 0 amide bonds. The van der Waals surface area contributed by atoms with Crippen molar-refractivity contribution in [3.05, 3.63) is 179 Å². The number of nitrogens with zero attached hydrogens (tertiary/aromatic N) is 1. The number of benzene rings is 3. The zero-order valence-corrected chi connectivity index (χ0v) is 38.0. The summed E-state index contributed by atoms with van der Waals surface area (Å²) in [4.78, 5) is 2.59. The highest BCUT2D eigenvalue weighted by Gasteiger charge is 2.69. The number of anilines is 2. The Hall–Kier alpha value is -4.35. The van der Waals surface area contributed by atoms with Crippen molar-refractivity contribution in [2.75, 3.05) is 4.90 Å². The van der Waals surface area contributed by atoms with E-state index in [4.69, 9.17) is 4.42 Å². The summed E-state index contributed by atoms with van der Waals surface area (Å²) in [5.74, 6) is 6.77. The summed E-state index contributed by atoms with van der Waals surface area (Å²) >= 11 is 2.82. The van der Waals surface area contributed by atoms with E-state index in [1.54, 1.807) is 5.57 Å². The summed E-state index contributed by atoms with van der Waals surface area (Å²) in [6.07, 6.45) is 49.7. The van der Waals surface area contributed by atoms with Gasteiger partial charge in [-0.25, -0.2) is 0 Å². The molecule has 10 unspecified atom stereocenters. The second-order valence-electron chi connectivity index (χ2n) is 20.3. The molecule has 1 aromatic heterocycles. The quantitative estimate of drug-likeness (QED) is 0.146. The minimum absolute atomic E-state index is 0.296. The van der Waals surface area contributed by atoms with E-state index in [-0.39, 0.29) is 0 Å². The highest BCUT2D eigenvalue weighted by molar-refractivity contribution is 14.1. The third-order valence-electron chi connectivity index (χ3n) is 17.7. The van der Waals surface area contributed by atoms with Gasteiger partial charge in [-0.2, -0.15) is 0 Å². The van der Waals surface area contributed by atoms with Crippen LogP contribution in [-0.2, 0) is 6.42 Å². The molecule has 4 aromatic rings. The smallest absolute Gasteiger partial charge is 0.158 e. The fraction of sp³-hybridized carbons (Fsp3) is 0.390. The Morgan fingerprint density at radius 1 is 0.758 bits per heavy atom. The minimum Gasteiger partial charge on any atom is -0.458 e. The first kappa shape index (κ1) is 38.1. The average molecular weight is 924 g/mol. The normalized spacial score (nSPS) is 35.2. The van der Waals surface area contributed by atoms with Gasteiger partial charge >= 0.3 is 0 Å². The number of hydrogen-bond donors (Lipinski definition) is 0. The maximum atomic E-state index is 7.21. The van der Waals surface area contributed by atoms with Crippen molar-refractivity contribution < 1.29 is 4.42 Å². The molecule has 1 spiro atoms. The van der Waals surface area contributed by atoms with Gasteiger partial charge in [0.1, 0.15) is 5.76 Å². The molecular weight excluding hydrogens is 866 g/mol. The molecule has 3 fully saturated rings. The number of allylic oxidation sites excluding steroid dienone is 18. The van der Waals surface area contributed by atoms with Crippen molar-refractivity contribution in [1.29, 1.82) is 0 Å². The lowest BCUT2D eigenvalue weighted by Gasteiger charge is -2.49. The van der Waals surface area contributed by atoms with E-state index < -0.39 is 0 Å². The maximum Gasteiger partial charge on any atom is 0.158 e. The van der Waals surface area contributed by atoms with Crippen molar-refractivity contribution in [3.8, 4) is 0 Å². The fourth-order valence-electron chi connectivity index (χ4n) is 15.2. The van der Waals surface area contributed by atoms with Gasteiger partial charge in [0.25, 0.3) is 0 Å². The molecule has 0 radical (unpaired) electrons. The maximum absolute atomic E-state index is 7.21. The van der Waals surface area contributed by atoms with Crippen molar-refractivity contribution in [2.24, 2.45) is 52.8 Å². The molecule has 3 saturated carbocycles. The van der Waals surface area contributed by atoms with Gasteiger partial charge in [-0.3, -0.25) is 0 Å². The Morgan fingerprint density at radius 3 is 2.40 bits per heavy atom. The molecular formula is C59H58INO. The van der Waals surface area contributed by atoms with Crippen LogP contribution >= 0.6 is 22.6 Å². The summed E-state index contributed by atoms with van der Waals surface area (Å²) in [7, 11) is 0. The van der Waals surface area contributed by atoms with E-state index >= 15 is 0 Å². The Bertz CT molecular complexity index is 2730. The van der Waals surface area contributed by atoms with Crippen LogP contribution in [-0.4, -0.2) is 3.92 Å². The Labute approximate surface area is 381 Å². The van der Waals surface area contributed by atoms with Crippen LogP contribution in [0, 0.1) is 52.8 Å². The number of halogens is 1. The second kappa shape index (κ2) is 15.1. The first-order chi connectivity index (χ1) is 30.6. The number of fused-ring (bicyclic) bond motifs is 14. The zero-order chi connectivity index (χ0) is 40.9. The molecule has 62 heavy (non-hydrogen) atoms.